The summed E-state index contributed by atoms with van der Waals surface area (Å²) in [6.45, 7) is 0. The van der Waals surface area contributed by atoms with Crippen LogP contribution in [0.25, 0.3) is 10.4 Å². The van der Waals surface area contributed by atoms with Crippen LogP contribution in [0.1, 0.15) is 10.9 Å². The van der Waals surface area contributed by atoms with Crippen molar-refractivity contribution in [3.05, 3.63) is 64.2 Å². The second kappa shape index (κ2) is 6.22. The molecule has 3 rings (SSSR count). The van der Waals surface area contributed by atoms with E-state index in [1.165, 1.54) is 11.3 Å². The first-order chi connectivity index (χ1) is 10.3. The summed E-state index contributed by atoms with van der Waals surface area (Å²) in [5, 5.41) is 6.87. The lowest BCUT2D eigenvalue weighted by atomic mass is 10.1. The number of carbonyl (C=O) groups excluding carboxylic acids is 1. The Kier molecular flexibility index (Phi) is 4.15. The highest BCUT2D eigenvalue weighted by Crippen LogP contribution is 2.31. The highest BCUT2D eigenvalue weighted by molar-refractivity contribution is 7.13. The number of carbonyl (C=O) groups is 1. The van der Waals surface area contributed by atoms with Crippen molar-refractivity contribution in [2.24, 2.45) is 5.73 Å². The Labute approximate surface area is 131 Å². The van der Waals surface area contributed by atoms with Crippen molar-refractivity contribution in [2.75, 3.05) is 5.32 Å². The van der Waals surface area contributed by atoms with Gasteiger partial charge in [0.15, 0.2) is 0 Å². The largest absolute Gasteiger partial charge is 0.324 e. The molecule has 1 aromatic carbocycles. The van der Waals surface area contributed by atoms with Crippen molar-refractivity contribution in [3.8, 4) is 10.4 Å². The van der Waals surface area contributed by atoms with E-state index in [0.29, 0.717) is 0 Å². The van der Waals surface area contributed by atoms with Crippen molar-refractivity contribution in [1.82, 2.24) is 0 Å². The van der Waals surface area contributed by atoms with E-state index in [1.54, 1.807) is 11.3 Å². The van der Waals surface area contributed by atoms with Crippen molar-refractivity contribution in [3.63, 3.8) is 0 Å². The number of nitrogens with one attached hydrogen (secondary N) is 1. The molecule has 1 unspecified atom stereocenters. The number of rotatable bonds is 4. The molecule has 0 spiro atoms. The number of thiophene rings is 2. The molecule has 21 heavy (non-hydrogen) atoms. The van der Waals surface area contributed by atoms with E-state index in [-0.39, 0.29) is 5.91 Å². The van der Waals surface area contributed by atoms with Gasteiger partial charge in [-0.05, 0) is 29.0 Å². The van der Waals surface area contributed by atoms with Crippen molar-refractivity contribution in [1.29, 1.82) is 0 Å². The molecule has 0 aliphatic carbocycles. The zero-order valence-electron chi connectivity index (χ0n) is 11.2. The highest BCUT2D eigenvalue weighted by atomic mass is 32.1. The highest BCUT2D eigenvalue weighted by Gasteiger charge is 2.18. The number of para-hydroxylation sites is 1. The van der Waals surface area contributed by atoms with E-state index in [1.807, 2.05) is 59.3 Å². The van der Waals surface area contributed by atoms with Gasteiger partial charge >= 0.3 is 0 Å². The summed E-state index contributed by atoms with van der Waals surface area (Å²) in [6.07, 6.45) is 0. The van der Waals surface area contributed by atoms with Crippen LogP contribution >= 0.6 is 22.7 Å². The van der Waals surface area contributed by atoms with Gasteiger partial charge in [-0.3, -0.25) is 4.79 Å². The van der Waals surface area contributed by atoms with Gasteiger partial charge in [0, 0.05) is 21.0 Å². The first kappa shape index (κ1) is 14.0. The van der Waals surface area contributed by atoms with E-state index in [2.05, 4.69) is 5.32 Å². The monoisotopic (exact) mass is 314 g/mol. The van der Waals surface area contributed by atoms with Crippen LogP contribution in [0.2, 0.25) is 0 Å². The molecule has 1 amide bonds. The van der Waals surface area contributed by atoms with Crippen molar-refractivity contribution >= 4 is 34.3 Å². The Bertz CT molecular complexity index is 721. The normalized spacial score (nSPS) is 12.0. The van der Waals surface area contributed by atoms with Crippen molar-refractivity contribution < 1.29 is 4.79 Å². The topological polar surface area (TPSA) is 55.1 Å². The molecule has 3 N–H and O–H groups in total. The minimum absolute atomic E-state index is 0.193. The summed E-state index contributed by atoms with van der Waals surface area (Å²) < 4.78 is 0. The second-order valence-electron chi connectivity index (χ2n) is 4.51. The summed E-state index contributed by atoms with van der Waals surface area (Å²) in [5.74, 6) is -0.193. The van der Waals surface area contributed by atoms with Crippen molar-refractivity contribution in [2.45, 2.75) is 6.04 Å². The van der Waals surface area contributed by atoms with Crippen LogP contribution in [0.5, 0.6) is 0 Å². The van der Waals surface area contributed by atoms with E-state index in [0.717, 1.165) is 21.0 Å². The molecule has 0 bridgehead atoms. The predicted octanol–water partition coefficient (Wildman–Crippen LogP) is 4.12. The molecule has 5 heteroatoms. The Morgan fingerprint density at radius 2 is 1.76 bits per heavy atom. The summed E-state index contributed by atoms with van der Waals surface area (Å²) in [7, 11) is 0. The fourth-order valence-corrected chi connectivity index (χ4v) is 3.54. The average Bonchev–Trinajstić information content (AvgIpc) is 3.20. The first-order valence-corrected chi connectivity index (χ1v) is 8.24. The number of anilines is 1. The number of hydrogen-bond donors (Lipinski definition) is 2. The number of hydrogen-bond acceptors (Lipinski definition) is 4. The van der Waals surface area contributed by atoms with Crippen LogP contribution in [0.15, 0.2) is 59.3 Å². The minimum Gasteiger partial charge on any atom is -0.324 e. The Hall–Kier alpha value is -1.95. The Balaban J connectivity index is 1.84. The summed E-state index contributed by atoms with van der Waals surface area (Å²) >= 11 is 3.13. The van der Waals surface area contributed by atoms with Gasteiger partial charge < -0.3 is 11.1 Å². The van der Waals surface area contributed by atoms with Gasteiger partial charge in [-0.15, -0.1) is 22.7 Å². The molecule has 3 aromatic rings. The van der Waals surface area contributed by atoms with Gasteiger partial charge in [0.05, 0.1) is 0 Å². The molecule has 1 atom stereocenters. The fraction of sp³-hybridized carbons (Fsp3) is 0.0625. The smallest absolute Gasteiger partial charge is 0.246 e. The molecule has 0 aliphatic rings. The number of nitrogens with two attached hydrogens (primary N) is 1. The minimum atomic E-state index is -0.638. The molecule has 0 radical (unpaired) electrons. The molecule has 0 fully saturated rings. The summed E-state index contributed by atoms with van der Waals surface area (Å²) in [6, 6.07) is 14.9. The lowest BCUT2D eigenvalue weighted by molar-refractivity contribution is -0.117. The molecule has 3 nitrogen and oxygen atoms in total. The SMILES string of the molecule is NC(C(=O)Nc1ccccc1-c1cccs1)c1cccs1. The zero-order valence-corrected chi connectivity index (χ0v) is 12.8. The van der Waals surface area contributed by atoms with E-state index >= 15 is 0 Å². The maximum Gasteiger partial charge on any atom is 0.246 e. The van der Waals surface area contributed by atoms with Crippen LogP contribution in [0.4, 0.5) is 5.69 Å². The van der Waals surface area contributed by atoms with Gasteiger partial charge in [-0.1, -0.05) is 30.3 Å². The first-order valence-electron chi connectivity index (χ1n) is 6.48. The second-order valence-corrected chi connectivity index (χ2v) is 6.43. The number of benzene rings is 1. The lowest BCUT2D eigenvalue weighted by Crippen LogP contribution is -2.27. The maximum atomic E-state index is 12.3. The van der Waals surface area contributed by atoms with Crippen LogP contribution in [-0.4, -0.2) is 5.91 Å². The third-order valence-electron chi connectivity index (χ3n) is 3.10. The van der Waals surface area contributed by atoms with Gasteiger partial charge in [-0.25, -0.2) is 0 Å². The lowest BCUT2D eigenvalue weighted by Gasteiger charge is -2.13. The molecule has 106 valence electrons. The molecule has 2 heterocycles. The van der Waals surface area contributed by atoms with Crippen LogP contribution < -0.4 is 11.1 Å². The van der Waals surface area contributed by atoms with Crippen LogP contribution in [0.3, 0.4) is 0 Å². The molecule has 0 aliphatic heterocycles. The molecule has 2 aromatic heterocycles. The standard InChI is InChI=1S/C16H14N2OS2/c17-15(14-8-4-10-21-14)16(19)18-12-6-2-1-5-11(12)13-7-3-9-20-13/h1-10,15H,17H2,(H,18,19). The summed E-state index contributed by atoms with van der Waals surface area (Å²) in [4.78, 5) is 14.3. The quantitative estimate of drug-likeness (QED) is 0.761. The molecular formula is C16H14N2OS2. The third kappa shape index (κ3) is 3.05. The molecule has 0 saturated heterocycles. The average molecular weight is 314 g/mol. The summed E-state index contributed by atoms with van der Waals surface area (Å²) in [5.41, 5.74) is 7.80. The fourth-order valence-electron chi connectivity index (χ4n) is 2.05. The Morgan fingerprint density at radius 3 is 2.48 bits per heavy atom. The zero-order chi connectivity index (χ0) is 14.7. The van der Waals surface area contributed by atoms with Gasteiger partial charge in [0.2, 0.25) is 5.91 Å². The predicted molar refractivity (Wildman–Crippen MR) is 89.6 cm³/mol. The van der Waals surface area contributed by atoms with E-state index in [9.17, 15) is 4.79 Å². The van der Waals surface area contributed by atoms with Crippen LogP contribution in [-0.2, 0) is 4.79 Å². The number of amides is 1. The molecular weight excluding hydrogens is 300 g/mol. The van der Waals surface area contributed by atoms with Crippen LogP contribution in [0, 0.1) is 0 Å². The van der Waals surface area contributed by atoms with E-state index in [4.69, 9.17) is 5.73 Å². The van der Waals surface area contributed by atoms with Gasteiger partial charge in [0.25, 0.3) is 0 Å². The van der Waals surface area contributed by atoms with Gasteiger partial charge in [0.1, 0.15) is 6.04 Å². The maximum absolute atomic E-state index is 12.3. The Morgan fingerprint density at radius 1 is 1.00 bits per heavy atom. The molecule has 0 saturated carbocycles. The van der Waals surface area contributed by atoms with E-state index < -0.39 is 6.04 Å². The third-order valence-corrected chi connectivity index (χ3v) is 4.96. The van der Waals surface area contributed by atoms with Gasteiger partial charge in [-0.2, -0.15) is 0 Å².